The second-order valence-electron chi connectivity index (χ2n) is 5.73. The van der Waals surface area contributed by atoms with Crippen LogP contribution in [-0.2, 0) is 16.7 Å². The molecule has 0 saturated heterocycles. The maximum Gasteiger partial charge on any atom is 0.417 e. The van der Waals surface area contributed by atoms with Crippen LogP contribution in [0.25, 0.3) is 0 Å². The van der Waals surface area contributed by atoms with Gasteiger partial charge < -0.3 is 5.32 Å². The zero-order valence-electron chi connectivity index (χ0n) is 13.7. The molecule has 0 aromatic heterocycles. The molecule has 1 amide bonds. The van der Waals surface area contributed by atoms with E-state index in [0.29, 0.717) is 5.75 Å². The summed E-state index contributed by atoms with van der Waals surface area (Å²) in [7, 11) is 0. The fraction of sp³-hybridized carbons (Fsp3) is 0.278. The van der Waals surface area contributed by atoms with Gasteiger partial charge in [0.1, 0.15) is 0 Å². The number of hydrogen-bond donors (Lipinski definition) is 1. The monoisotopic (exact) mass is 387 g/mol. The summed E-state index contributed by atoms with van der Waals surface area (Å²) in [6.07, 6.45) is -4.56. The van der Waals surface area contributed by atoms with Gasteiger partial charge in [-0.15, -0.1) is 11.8 Å². The highest BCUT2D eigenvalue weighted by molar-refractivity contribution is 7.99. The number of carbonyl (C=O) groups is 1. The summed E-state index contributed by atoms with van der Waals surface area (Å²) in [5.74, 6) is 0.450. The van der Waals surface area contributed by atoms with Gasteiger partial charge >= 0.3 is 6.18 Å². The van der Waals surface area contributed by atoms with Crippen molar-refractivity contribution in [2.24, 2.45) is 0 Å². The van der Waals surface area contributed by atoms with E-state index in [4.69, 9.17) is 11.6 Å². The van der Waals surface area contributed by atoms with E-state index in [9.17, 15) is 18.0 Å². The Bertz CT molecular complexity index is 757. The van der Waals surface area contributed by atoms with Crippen LogP contribution in [0.15, 0.2) is 36.4 Å². The zero-order valence-corrected chi connectivity index (χ0v) is 15.3. The topological polar surface area (TPSA) is 29.1 Å². The summed E-state index contributed by atoms with van der Waals surface area (Å²) in [4.78, 5) is 11.9. The number of carbonyl (C=O) groups excluding carboxylic acids is 1. The SMILES string of the molecule is Cc1cc(C)cc(CSCC(=O)Nc2ccc(Cl)c(C(F)(F)F)c2)c1. The fourth-order valence-corrected chi connectivity index (χ4v) is 3.42. The molecule has 0 radical (unpaired) electrons. The lowest BCUT2D eigenvalue weighted by molar-refractivity contribution is -0.137. The van der Waals surface area contributed by atoms with Crippen LogP contribution >= 0.6 is 23.4 Å². The molecule has 0 aliphatic carbocycles. The molecule has 0 atom stereocenters. The molecular weight excluding hydrogens is 371 g/mol. The standard InChI is InChI=1S/C18H17ClF3NOS/c1-11-5-12(2)7-13(6-11)9-25-10-17(24)23-14-3-4-16(19)15(8-14)18(20,21)22/h3-8H,9-10H2,1-2H3,(H,23,24). The Kier molecular flexibility index (Phi) is 6.41. The average Bonchev–Trinajstić information content (AvgIpc) is 2.47. The Morgan fingerprint density at radius 1 is 1.12 bits per heavy atom. The van der Waals surface area contributed by atoms with Crippen molar-refractivity contribution in [1.82, 2.24) is 0 Å². The molecule has 0 unspecified atom stereocenters. The van der Waals surface area contributed by atoms with Gasteiger partial charge in [0.05, 0.1) is 16.3 Å². The minimum absolute atomic E-state index is 0.0775. The van der Waals surface area contributed by atoms with Crippen LogP contribution < -0.4 is 5.32 Å². The van der Waals surface area contributed by atoms with Crippen LogP contribution in [0.5, 0.6) is 0 Å². The molecule has 2 nitrogen and oxygen atoms in total. The van der Waals surface area contributed by atoms with Gasteiger partial charge in [0.2, 0.25) is 5.91 Å². The first-order valence-electron chi connectivity index (χ1n) is 7.46. The Balaban J connectivity index is 1.92. The Labute approximate surface area is 153 Å². The minimum Gasteiger partial charge on any atom is -0.325 e. The minimum atomic E-state index is -4.56. The second kappa shape index (κ2) is 8.15. The quantitative estimate of drug-likeness (QED) is 0.697. The highest BCUT2D eigenvalue weighted by Gasteiger charge is 2.33. The number of rotatable bonds is 5. The van der Waals surface area contributed by atoms with E-state index >= 15 is 0 Å². The largest absolute Gasteiger partial charge is 0.417 e. The van der Waals surface area contributed by atoms with Crippen molar-refractivity contribution < 1.29 is 18.0 Å². The maximum absolute atomic E-state index is 12.8. The molecule has 0 spiro atoms. The lowest BCUT2D eigenvalue weighted by atomic mass is 10.1. The van der Waals surface area contributed by atoms with Gasteiger partial charge in [0.25, 0.3) is 0 Å². The van der Waals surface area contributed by atoms with Gasteiger partial charge in [0.15, 0.2) is 0 Å². The van der Waals surface area contributed by atoms with Crippen molar-refractivity contribution in [1.29, 1.82) is 0 Å². The number of thioether (sulfide) groups is 1. The molecule has 134 valence electrons. The summed E-state index contributed by atoms with van der Waals surface area (Å²) < 4.78 is 38.5. The third kappa shape index (κ3) is 5.97. The van der Waals surface area contributed by atoms with Gasteiger partial charge in [-0.05, 0) is 37.6 Å². The Hall–Kier alpha value is -1.66. The van der Waals surface area contributed by atoms with Gasteiger partial charge in [-0.2, -0.15) is 13.2 Å². The average molecular weight is 388 g/mol. The van der Waals surface area contributed by atoms with Gasteiger partial charge in [0, 0.05) is 11.4 Å². The van der Waals surface area contributed by atoms with Crippen molar-refractivity contribution in [3.05, 3.63) is 63.7 Å². The maximum atomic E-state index is 12.8. The Morgan fingerprint density at radius 3 is 2.36 bits per heavy atom. The highest BCUT2D eigenvalue weighted by Crippen LogP contribution is 2.36. The predicted molar refractivity (Wildman–Crippen MR) is 97.2 cm³/mol. The predicted octanol–water partition coefficient (Wildman–Crippen LogP) is 5.85. The van der Waals surface area contributed by atoms with Crippen LogP contribution in [0.2, 0.25) is 5.02 Å². The van der Waals surface area contributed by atoms with Crippen molar-refractivity contribution in [2.45, 2.75) is 25.8 Å². The first-order valence-corrected chi connectivity index (χ1v) is 9.00. The molecule has 0 aliphatic rings. The van der Waals surface area contributed by atoms with Crippen LogP contribution in [0.1, 0.15) is 22.3 Å². The van der Waals surface area contributed by atoms with Crippen LogP contribution in [-0.4, -0.2) is 11.7 Å². The zero-order chi connectivity index (χ0) is 18.6. The number of halogens is 4. The number of anilines is 1. The molecule has 1 N–H and O–H groups in total. The van der Waals surface area contributed by atoms with E-state index < -0.39 is 16.8 Å². The number of amides is 1. The van der Waals surface area contributed by atoms with E-state index in [1.54, 1.807) is 0 Å². The summed E-state index contributed by atoms with van der Waals surface area (Å²) >= 11 is 6.96. The van der Waals surface area contributed by atoms with Crippen LogP contribution in [0.4, 0.5) is 18.9 Å². The first-order chi connectivity index (χ1) is 11.6. The number of aryl methyl sites for hydroxylation is 2. The molecule has 0 fully saturated rings. The van der Waals surface area contributed by atoms with Crippen molar-refractivity contribution in [3.8, 4) is 0 Å². The third-order valence-electron chi connectivity index (χ3n) is 3.34. The van der Waals surface area contributed by atoms with E-state index in [0.717, 1.165) is 28.8 Å². The normalized spacial score (nSPS) is 11.4. The van der Waals surface area contributed by atoms with E-state index in [2.05, 4.69) is 11.4 Å². The van der Waals surface area contributed by atoms with Crippen molar-refractivity contribution in [3.63, 3.8) is 0 Å². The molecular formula is C18H17ClF3NOS. The number of benzene rings is 2. The lowest BCUT2D eigenvalue weighted by Crippen LogP contribution is -2.15. The summed E-state index contributed by atoms with van der Waals surface area (Å²) in [5, 5.41) is 2.08. The fourth-order valence-electron chi connectivity index (χ4n) is 2.43. The third-order valence-corrected chi connectivity index (χ3v) is 4.67. The molecule has 0 saturated carbocycles. The van der Waals surface area contributed by atoms with Crippen LogP contribution in [0, 0.1) is 13.8 Å². The van der Waals surface area contributed by atoms with Crippen molar-refractivity contribution in [2.75, 3.05) is 11.1 Å². The summed E-state index contributed by atoms with van der Waals surface area (Å²) in [5.41, 5.74) is 2.53. The number of alkyl halides is 3. The van der Waals surface area contributed by atoms with E-state index in [1.807, 2.05) is 26.0 Å². The van der Waals surface area contributed by atoms with Crippen LogP contribution in [0.3, 0.4) is 0 Å². The summed E-state index contributed by atoms with van der Waals surface area (Å²) in [6, 6.07) is 9.49. The smallest absolute Gasteiger partial charge is 0.325 e. The molecule has 2 aromatic carbocycles. The molecule has 2 rings (SSSR count). The second-order valence-corrected chi connectivity index (χ2v) is 7.12. The first kappa shape index (κ1) is 19.7. The van der Waals surface area contributed by atoms with E-state index in [-0.39, 0.29) is 17.3 Å². The molecule has 25 heavy (non-hydrogen) atoms. The molecule has 0 bridgehead atoms. The van der Waals surface area contributed by atoms with E-state index in [1.165, 1.54) is 17.8 Å². The van der Waals surface area contributed by atoms with Crippen molar-refractivity contribution >= 4 is 35.0 Å². The molecule has 0 aliphatic heterocycles. The highest BCUT2D eigenvalue weighted by atomic mass is 35.5. The summed E-state index contributed by atoms with van der Waals surface area (Å²) in [6.45, 7) is 4.01. The molecule has 0 heterocycles. The lowest BCUT2D eigenvalue weighted by Gasteiger charge is -2.12. The molecule has 7 heteroatoms. The number of hydrogen-bond acceptors (Lipinski definition) is 2. The number of nitrogens with one attached hydrogen (secondary N) is 1. The van der Waals surface area contributed by atoms with Gasteiger partial charge in [-0.1, -0.05) is 40.9 Å². The molecule has 2 aromatic rings. The van der Waals surface area contributed by atoms with Gasteiger partial charge in [-0.3, -0.25) is 4.79 Å². The van der Waals surface area contributed by atoms with Gasteiger partial charge in [-0.25, -0.2) is 0 Å². The Morgan fingerprint density at radius 2 is 1.76 bits per heavy atom.